The molecule has 0 saturated heterocycles. The average Bonchev–Trinajstić information content (AvgIpc) is 3.30. The van der Waals surface area contributed by atoms with E-state index in [-0.39, 0.29) is 23.5 Å². The highest BCUT2D eigenvalue weighted by Gasteiger charge is 2.35. The summed E-state index contributed by atoms with van der Waals surface area (Å²) in [6, 6.07) is 5.13. The standard InChI is InChI=1S/C20H22F3N9/c1-9(2)15(13-8-25-17(26-13)20(21,22)23)27-19-29-16(28-18(24)30-19)11-5-6-12-10(3)31-32(4)14(12)7-11/h5-9,15H,1-4H3,(H,25,26)(H3,24,27,28,29,30). The number of benzene rings is 1. The molecule has 32 heavy (non-hydrogen) atoms. The summed E-state index contributed by atoms with van der Waals surface area (Å²) < 4.78 is 40.6. The normalized spacial score (nSPS) is 13.1. The minimum absolute atomic E-state index is 0.0121. The third-order valence-electron chi connectivity index (χ3n) is 5.10. The summed E-state index contributed by atoms with van der Waals surface area (Å²) in [6.45, 7) is 5.64. The van der Waals surface area contributed by atoms with Crippen molar-refractivity contribution in [2.24, 2.45) is 13.0 Å². The van der Waals surface area contributed by atoms with Gasteiger partial charge in [-0.15, -0.1) is 0 Å². The summed E-state index contributed by atoms with van der Waals surface area (Å²) in [7, 11) is 1.85. The molecule has 3 heterocycles. The number of H-pyrrole nitrogens is 1. The SMILES string of the molecule is Cc1nn(C)c2cc(-c3nc(N)nc(NC(c4cnc(C(F)(F)F)[nH]4)C(C)C)n3)ccc12. The number of nitrogens with zero attached hydrogens (tertiary/aromatic N) is 6. The molecule has 0 radical (unpaired) electrons. The van der Waals surface area contributed by atoms with Gasteiger partial charge in [-0.1, -0.05) is 26.0 Å². The van der Waals surface area contributed by atoms with Gasteiger partial charge in [-0.05, 0) is 18.9 Å². The predicted molar refractivity (Wildman–Crippen MR) is 113 cm³/mol. The van der Waals surface area contributed by atoms with Gasteiger partial charge in [-0.2, -0.15) is 33.2 Å². The number of rotatable bonds is 5. The number of aromatic nitrogens is 7. The molecule has 0 aliphatic heterocycles. The second-order valence-corrected chi connectivity index (χ2v) is 7.83. The second kappa shape index (κ2) is 7.77. The first-order valence-corrected chi connectivity index (χ1v) is 9.87. The summed E-state index contributed by atoms with van der Waals surface area (Å²) in [4.78, 5) is 18.6. The topological polar surface area (TPSA) is 123 Å². The Morgan fingerprint density at radius 2 is 1.91 bits per heavy atom. The van der Waals surface area contributed by atoms with Crippen LogP contribution in [-0.2, 0) is 13.2 Å². The number of imidazole rings is 1. The Kier molecular flexibility index (Phi) is 5.23. The lowest BCUT2D eigenvalue weighted by atomic mass is 10.0. The molecule has 0 fully saturated rings. The Balaban J connectivity index is 1.69. The number of hydrogen-bond donors (Lipinski definition) is 3. The molecule has 0 spiro atoms. The summed E-state index contributed by atoms with van der Waals surface area (Å²) >= 11 is 0. The Bertz CT molecular complexity index is 1270. The molecule has 9 nitrogen and oxygen atoms in total. The Morgan fingerprint density at radius 3 is 2.56 bits per heavy atom. The van der Waals surface area contributed by atoms with Crippen molar-refractivity contribution in [2.75, 3.05) is 11.1 Å². The molecule has 1 aromatic carbocycles. The van der Waals surface area contributed by atoms with Crippen LogP contribution in [0.4, 0.5) is 25.1 Å². The highest BCUT2D eigenvalue weighted by Crippen LogP contribution is 2.31. The summed E-state index contributed by atoms with van der Waals surface area (Å²) in [5.41, 5.74) is 8.69. The monoisotopic (exact) mass is 445 g/mol. The first kappa shape index (κ1) is 21.5. The molecular weight excluding hydrogens is 423 g/mol. The van der Waals surface area contributed by atoms with Crippen LogP contribution in [0.3, 0.4) is 0 Å². The highest BCUT2D eigenvalue weighted by atomic mass is 19.4. The molecule has 0 aliphatic rings. The molecule has 12 heteroatoms. The van der Waals surface area contributed by atoms with Crippen LogP contribution in [0.25, 0.3) is 22.3 Å². The molecule has 1 unspecified atom stereocenters. The maximum absolute atomic E-state index is 13.0. The van der Waals surface area contributed by atoms with Crippen molar-refractivity contribution in [1.29, 1.82) is 0 Å². The van der Waals surface area contributed by atoms with Gasteiger partial charge < -0.3 is 16.0 Å². The van der Waals surface area contributed by atoms with E-state index in [2.05, 4.69) is 35.3 Å². The minimum Gasteiger partial charge on any atom is -0.368 e. The van der Waals surface area contributed by atoms with Crippen LogP contribution >= 0.6 is 0 Å². The maximum Gasteiger partial charge on any atom is 0.449 e. The number of nitrogens with two attached hydrogens (primary N) is 1. The number of fused-ring (bicyclic) bond motifs is 1. The van der Waals surface area contributed by atoms with Gasteiger partial charge in [-0.25, -0.2) is 4.98 Å². The third-order valence-corrected chi connectivity index (χ3v) is 5.10. The quantitative estimate of drug-likeness (QED) is 0.426. The van der Waals surface area contributed by atoms with Crippen LogP contribution in [0.2, 0.25) is 0 Å². The van der Waals surface area contributed by atoms with Crippen molar-refractivity contribution in [1.82, 2.24) is 34.7 Å². The van der Waals surface area contributed by atoms with Crippen LogP contribution in [0, 0.1) is 12.8 Å². The number of anilines is 2. The van der Waals surface area contributed by atoms with Crippen molar-refractivity contribution in [3.05, 3.63) is 41.6 Å². The van der Waals surface area contributed by atoms with Crippen molar-refractivity contribution in [2.45, 2.75) is 33.0 Å². The van der Waals surface area contributed by atoms with E-state index < -0.39 is 18.0 Å². The van der Waals surface area contributed by atoms with Crippen molar-refractivity contribution in [3.63, 3.8) is 0 Å². The van der Waals surface area contributed by atoms with E-state index in [1.165, 1.54) is 0 Å². The van der Waals surface area contributed by atoms with E-state index >= 15 is 0 Å². The van der Waals surface area contributed by atoms with Crippen molar-refractivity contribution < 1.29 is 13.2 Å². The molecule has 168 valence electrons. The molecule has 0 aliphatic carbocycles. The Hall–Kier alpha value is -3.70. The van der Waals surface area contributed by atoms with E-state index in [1.54, 1.807) is 4.68 Å². The first-order valence-electron chi connectivity index (χ1n) is 9.87. The molecule has 3 aromatic heterocycles. The molecule has 4 N–H and O–H groups in total. The molecular formula is C20H22F3N9. The first-order chi connectivity index (χ1) is 15.0. The fourth-order valence-electron chi connectivity index (χ4n) is 3.54. The number of aromatic amines is 1. The summed E-state index contributed by atoms with van der Waals surface area (Å²) in [5.74, 6) is -0.691. The highest BCUT2D eigenvalue weighted by molar-refractivity contribution is 5.85. The zero-order valence-corrected chi connectivity index (χ0v) is 17.9. The molecule has 4 rings (SSSR count). The summed E-state index contributed by atoms with van der Waals surface area (Å²) in [6.07, 6.45) is -3.40. The van der Waals surface area contributed by atoms with Gasteiger partial charge in [0.15, 0.2) is 5.82 Å². The number of hydrogen-bond acceptors (Lipinski definition) is 7. The zero-order chi connectivity index (χ0) is 23.2. The van der Waals surface area contributed by atoms with Gasteiger partial charge in [0, 0.05) is 18.0 Å². The molecule has 4 aromatic rings. The van der Waals surface area contributed by atoms with Crippen LogP contribution in [-0.4, -0.2) is 34.7 Å². The van der Waals surface area contributed by atoms with E-state index in [9.17, 15) is 13.2 Å². The van der Waals surface area contributed by atoms with Crippen LogP contribution in [0.15, 0.2) is 24.4 Å². The fourth-order valence-corrected chi connectivity index (χ4v) is 3.54. The van der Waals surface area contributed by atoms with Crippen molar-refractivity contribution >= 4 is 22.8 Å². The lowest BCUT2D eigenvalue weighted by Gasteiger charge is -2.21. The lowest BCUT2D eigenvalue weighted by molar-refractivity contribution is -0.144. The van der Waals surface area contributed by atoms with Crippen LogP contribution < -0.4 is 11.1 Å². The fraction of sp³-hybridized carbons (Fsp3) is 0.350. The lowest BCUT2D eigenvalue weighted by Crippen LogP contribution is -2.20. The maximum atomic E-state index is 13.0. The predicted octanol–water partition coefficient (Wildman–Crippen LogP) is 3.87. The second-order valence-electron chi connectivity index (χ2n) is 7.83. The smallest absolute Gasteiger partial charge is 0.368 e. The largest absolute Gasteiger partial charge is 0.449 e. The average molecular weight is 445 g/mol. The molecule has 1 atom stereocenters. The number of alkyl halides is 3. The van der Waals surface area contributed by atoms with Gasteiger partial charge in [-0.3, -0.25) is 4.68 Å². The van der Waals surface area contributed by atoms with Crippen LogP contribution in [0.1, 0.15) is 37.1 Å². The van der Waals surface area contributed by atoms with Crippen LogP contribution in [0.5, 0.6) is 0 Å². The van der Waals surface area contributed by atoms with Gasteiger partial charge in [0.25, 0.3) is 0 Å². The van der Waals surface area contributed by atoms with Gasteiger partial charge in [0.05, 0.1) is 29.1 Å². The number of aryl methyl sites for hydroxylation is 2. The molecule has 0 saturated carbocycles. The molecule has 0 bridgehead atoms. The third kappa shape index (κ3) is 4.07. The molecule has 0 amide bonds. The minimum atomic E-state index is -4.56. The van der Waals surface area contributed by atoms with E-state index in [4.69, 9.17) is 5.73 Å². The Morgan fingerprint density at radius 1 is 1.16 bits per heavy atom. The number of halogens is 3. The zero-order valence-electron chi connectivity index (χ0n) is 17.9. The van der Waals surface area contributed by atoms with Gasteiger partial charge in [0.1, 0.15) is 0 Å². The van der Waals surface area contributed by atoms with Gasteiger partial charge >= 0.3 is 6.18 Å². The van der Waals surface area contributed by atoms with Crippen molar-refractivity contribution in [3.8, 4) is 11.4 Å². The summed E-state index contributed by atoms with van der Waals surface area (Å²) in [5, 5.41) is 8.48. The number of nitrogens with one attached hydrogen (secondary N) is 2. The Labute approximate surface area is 181 Å². The van der Waals surface area contributed by atoms with Gasteiger partial charge in [0.2, 0.25) is 17.7 Å². The van der Waals surface area contributed by atoms with E-state index in [0.717, 1.165) is 22.8 Å². The van der Waals surface area contributed by atoms with E-state index in [1.807, 2.05) is 46.0 Å². The van der Waals surface area contributed by atoms with E-state index in [0.29, 0.717) is 11.4 Å². The number of nitrogen functional groups attached to an aromatic ring is 1.